The number of hydrogen-bond donors (Lipinski definition) is 3. The summed E-state index contributed by atoms with van der Waals surface area (Å²) in [4.78, 5) is 6.51. The van der Waals surface area contributed by atoms with E-state index in [9.17, 15) is 8.78 Å². The molecule has 2 aromatic carbocycles. The van der Waals surface area contributed by atoms with Gasteiger partial charge < -0.3 is 31.0 Å². The number of nitrogens with two attached hydrogens (primary N) is 2. The number of alkyl halides is 2. The van der Waals surface area contributed by atoms with Crippen molar-refractivity contribution in [2.45, 2.75) is 19.4 Å². The third-order valence-corrected chi connectivity index (χ3v) is 6.42. The third kappa shape index (κ3) is 6.53. The number of nitrogens with one attached hydrogen (secondary N) is 1. The van der Waals surface area contributed by atoms with Gasteiger partial charge >= 0.3 is 6.55 Å². The van der Waals surface area contributed by atoms with Gasteiger partial charge in [-0.3, -0.25) is 9.47 Å². The number of rotatable bonds is 10. The van der Waals surface area contributed by atoms with Gasteiger partial charge in [-0.25, -0.2) is 4.99 Å². The summed E-state index contributed by atoms with van der Waals surface area (Å²) >= 11 is 0. The summed E-state index contributed by atoms with van der Waals surface area (Å²) in [6, 6.07) is 10.5. The number of fused-ring (bicyclic) bond motifs is 1. The lowest BCUT2D eigenvalue weighted by atomic mass is 10.0. The van der Waals surface area contributed by atoms with Crippen molar-refractivity contribution in [3.63, 3.8) is 0 Å². The molecule has 4 rings (SSSR count). The van der Waals surface area contributed by atoms with Crippen molar-refractivity contribution >= 4 is 28.2 Å². The maximum absolute atomic E-state index is 13.5. The van der Waals surface area contributed by atoms with E-state index in [2.05, 4.69) is 15.2 Å². The fourth-order valence-electron chi connectivity index (χ4n) is 4.36. The van der Waals surface area contributed by atoms with Crippen LogP contribution < -0.4 is 26.3 Å². The minimum atomic E-state index is -2.62. The summed E-state index contributed by atoms with van der Waals surface area (Å²) in [5, 5.41) is 3.76. The minimum absolute atomic E-state index is 0.113. The van der Waals surface area contributed by atoms with Crippen molar-refractivity contribution in [2.24, 2.45) is 10.7 Å². The molecule has 9 nitrogen and oxygen atoms in total. The van der Waals surface area contributed by atoms with Crippen molar-refractivity contribution in [1.82, 2.24) is 9.47 Å². The number of morpholine rings is 1. The van der Waals surface area contributed by atoms with Crippen LogP contribution in [-0.2, 0) is 4.74 Å². The van der Waals surface area contributed by atoms with E-state index in [-0.39, 0.29) is 11.9 Å². The Labute approximate surface area is 220 Å². The molecule has 0 amide bonds. The maximum atomic E-state index is 13.5. The first-order chi connectivity index (χ1) is 18.4. The zero-order chi connectivity index (χ0) is 27.1. The molecule has 1 saturated heterocycles. The normalized spacial score (nSPS) is 15.9. The van der Waals surface area contributed by atoms with Crippen LogP contribution in [-0.4, -0.2) is 62.0 Å². The van der Waals surface area contributed by atoms with Gasteiger partial charge in [0.05, 0.1) is 37.2 Å². The van der Waals surface area contributed by atoms with Crippen LogP contribution in [0.15, 0.2) is 59.9 Å². The number of anilines is 2. The van der Waals surface area contributed by atoms with Crippen LogP contribution in [0.4, 0.5) is 20.2 Å². The lowest BCUT2D eigenvalue weighted by Gasteiger charge is -2.26. The highest BCUT2D eigenvalue weighted by molar-refractivity contribution is 5.95. The number of para-hydroxylation sites is 1. The quantitative estimate of drug-likeness (QED) is 0.203. The number of methoxy groups -OCH3 is 1. The SMILES string of the molecule is COc1cc(OCCN2CCOCC2)c(N)cc1NC(N)=N/C=C\C(C)c1cn(C(F)F)c2ccccc12. The second kappa shape index (κ2) is 12.6. The van der Waals surface area contributed by atoms with Gasteiger partial charge in [0.15, 0.2) is 5.96 Å². The van der Waals surface area contributed by atoms with Crippen LogP contribution in [0.1, 0.15) is 25.0 Å². The van der Waals surface area contributed by atoms with Crippen LogP contribution in [0.3, 0.4) is 0 Å². The number of guanidine groups is 1. The summed E-state index contributed by atoms with van der Waals surface area (Å²) in [7, 11) is 1.54. The van der Waals surface area contributed by atoms with Gasteiger partial charge in [0, 0.05) is 49.4 Å². The highest BCUT2D eigenvalue weighted by atomic mass is 19.3. The molecule has 1 aromatic heterocycles. The highest BCUT2D eigenvalue weighted by Crippen LogP contribution is 2.35. The number of ether oxygens (including phenoxy) is 3. The van der Waals surface area contributed by atoms with E-state index in [4.69, 9.17) is 25.7 Å². The number of hydrogen-bond acceptors (Lipinski definition) is 6. The largest absolute Gasteiger partial charge is 0.494 e. The van der Waals surface area contributed by atoms with Crippen LogP contribution in [0.25, 0.3) is 10.9 Å². The Kier molecular flexibility index (Phi) is 9.03. The first-order valence-corrected chi connectivity index (χ1v) is 12.4. The van der Waals surface area contributed by atoms with Gasteiger partial charge in [-0.1, -0.05) is 31.2 Å². The summed E-state index contributed by atoms with van der Waals surface area (Å²) in [6.07, 6.45) is 4.82. The second-order valence-corrected chi connectivity index (χ2v) is 8.95. The fourth-order valence-corrected chi connectivity index (χ4v) is 4.36. The standard InChI is InChI=1S/C27H34F2N6O3/c1-18(20-17-35(26(28)29)23-6-4-3-5-19(20)23)7-8-32-27(31)33-22-15-21(30)24(16-25(22)36-2)38-14-11-34-9-12-37-13-10-34/h3-8,15-18,26H,9-14,30H2,1-2H3,(H3,31,32,33)/b8-7-. The molecule has 0 bridgehead atoms. The molecule has 2 heterocycles. The van der Waals surface area contributed by atoms with Crippen molar-refractivity contribution in [2.75, 3.05) is 57.6 Å². The summed E-state index contributed by atoms with van der Waals surface area (Å²) < 4.78 is 44.6. The average Bonchev–Trinajstić information content (AvgIpc) is 3.31. The number of nitrogen functional groups attached to an aromatic ring is 1. The Hall–Kier alpha value is -3.83. The van der Waals surface area contributed by atoms with E-state index < -0.39 is 6.55 Å². The minimum Gasteiger partial charge on any atom is -0.494 e. The second-order valence-electron chi connectivity index (χ2n) is 8.95. The molecule has 0 saturated carbocycles. The Balaban J connectivity index is 1.40. The van der Waals surface area contributed by atoms with Gasteiger partial charge in [-0.2, -0.15) is 8.78 Å². The van der Waals surface area contributed by atoms with Gasteiger partial charge in [0.1, 0.15) is 18.1 Å². The Bertz CT molecular complexity index is 1290. The molecule has 0 spiro atoms. The van der Waals surface area contributed by atoms with Crippen molar-refractivity contribution < 1.29 is 23.0 Å². The topological polar surface area (TPSA) is 112 Å². The van der Waals surface area contributed by atoms with Gasteiger partial charge in [-0.05, 0) is 17.7 Å². The lowest BCUT2D eigenvalue weighted by Crippen LogP contribution is -2.38. The highest BCUT2D eigenvalue weighted by Gasteiger charge is 2.17. The zero-order valence-electron chi connectivity index (χ0n) is 21.6. The summed E-state index contributed by atoms with van der Waals surface area (Å²) in [5.41, 5.74) is 14.5. The first-order valence-electron chi connectivity index (χ1n) is 12.4. The predicted octanol–water partition coefficient (Wildman–Crippen LogP) is 4.38. The van der Waals surface area contributed by atoms with Gasteiger partial charge in [0.2, 0.25) is 0 Å². The zero-order valence-corrected chi connectivity index (χ0v) is 21.6. The van der Waals surface area contributed by atoms with Crippen molar-refractivity contribution in [1.29, 1.82) is 0 Å². The molecule has 0 aliphatic carbocycles. The molecule has 0 radical (unpaired) electrons. The number of benzene rings is 2. The molecule has 1 aliphatic heterocycles. The Morgan fingerprint density at radius 1 is 1.21 bits per heavy atom. The Morgan fingerprint density at radius 2 is 1.97 bits per heavy atom. The average molecular weight is 529 g/mol. The van der Waals surface area contributed by atoms with E-state index in [0.717, 1.165) is 48.4 Å². The molecule has 1 unspecified atom stereocenters. The number of aromatic nitrogens is 1. The van der Waals surface area contributed by atoms with Crippen LogP contribution in [0, 0.1) is 0 Å². The third-order valence-electron chi connectivity index (χ3n) is 6.42. The molecular formula is C27H34F2N6O3. The van der Waals surface area contributed by atoms with E-state index in [0.29, 0.717) is 35.0 Å². The molecular weight excluding hydrogens is 494 g/mol. The fraction of sp³-hybridized carbons (Fsp3) is 0.370. The maximum Gasteiger partial charge on any atom is 0.319 e. The molecule has 1 atom stereocenters. The monoisotopic (exact) mass is 528 g/mol. The number of nitrogens with zero attached hydrogens (tertiary/aromatic N) is 3. The van der Waals surface area contributed by atoms with Crippen molar-refractivity contribution in [3.8, 4) is 11.5 Å². The van der Waals surface area contributed by atoms with Crippen LogP contribution >= 0.6 is 0 Å². The molecule has 38 heavy (non-hydrogen) atoms. The van der Waals surface area contributed by atoms with E-state index in [1.54, 1.807) is 43.7 Å². The van der Waals surface area contributed by atoms with Gasteiger partial charge in [0.25, 0.3) is 0 Å². The molecule has 11 heteroatoms. The lowest BCUT2D eigenvalue weighted by molar-refractivity contribution is 0.0323. The smallest absolute Gasteiger partial charge is 0.319 e. The van der Waals surface area contributed by atoms with Gasteiger partial charge in [-0.15, -0.1) is 0 Å². The molecule has 204 valence electrons. The molecule has 1 aliphatic rings. The predicted molar refractivity (Wildman–Crippen MR) is 146 cm³/mol. The summed E-state index contributed by atoms with van der Waals surface area (Å²) in [5.74, 6) is 0.960. The first kappa shape index (κ1) is 27.2. The summed E-state index contributed by atoms with van der Waals surface area (Å²) in [6.45, 7) is 3.79. The van der Waals surface area contributed by atoms with Crippen LogP contribution in [0.2, 0.25) is 0 Å². The Morgan fingerprint density at radius 3 is 2.71 bits per heavy atom. The molecule has 3 aromatic rings. The van der Waals surface area contributed by atoms with Crippen LogP contribution in [0.5, 0.6) is 11.5 Å². The molecule has 5 N–H and O–H groups in total. The molecule has 1 fully saturated rings. The number of allylic oxidation sites excluding steroid dienone is 1. The number of halogens is 2. The van der Waals surface area contributed by atoms with E-state index >= 15 is 0 Å². The van der Waals surface area contributed by atoms with Crippen molar-refractivity contribution in [3.05, 3.63) is 60.4 Å². The number of aliphatic imine (C=N–C) groups is 1. The van der Waals surface area contributed by atoms with E-state index in [1.807, 2.05) is 19.1 Å². The van der Waals surface area contributed by atoms with E-state index in [1.165, 1.54) is 6.20 Å².